The Labute approximate surface area is 103 Å². The second kappa shape index (κ2) is 7.60. The Kier molecular flexibility index (Phi) is 6.00. The quantitative estimate of drug-likeness (QED) is 0.412. The zero-order chi connectivity index (χ0) is 12.5. The number of rotatable bonds is 7. The van der Waals surface area contributed by atoms with Crippen LogP contribution in [0.2, 0.25) is 0 Å². The molecule has 0 aliphatic carbocycles. The maximum absolute atomic E-state index is 10.9. The minimum atomic E-state index is -0.479. The van der Waals surface area contributed by atoms with Gasteiger partial charge in [0.25, 0.3) is 0 Å². The van der Waals surface area contributed by atoms with Gasteiger partial charge in [0.15, 0.2) is 0 Å². The van der Waals surface area contributed by atoms with Crippen molar-refractivity contribution >= 4 is 5.97 Å². The Morgan fingerprint density at radius 3 is 2.82 bits per heavy atom. The molecule has 3 nitrogen and oxygen atoms in total. The number of ether oxygens (including phenoxy) is 1. The highest BCUT2D eigenvalue weighted by atomic mass is 16.5. The normalized spacial score (nSPS) is 9.94. The van der Waals surface area contributed by atoms with E-state index in [1.54, 1.807) is 12.3 Å². The van der Waals surface area contributed by atoms with Gasteiger partial charge in [0, 0.05) is 18.3 Å². The number of esters is 1. The van der Waals surface area contributed by atoms with Crippen LogP contribution >= 0.6 is 0 Å². The number of unbranched alkanes of at least 4 members (excludes halogenated alkanes) is 3. The average molecular weight is 233 g/mol. The molecule has 0 aromatic carbocycles. The lowest BCUT2D eigenvalue weighted by molar-refractivity contribution is -0.129. The Balaban J connectivity index is 2.39. The number of aryl methyl sites for hydroxylation is 1. The second-order valence-corrected chi connectivity index (χ2v) is 3.94. The van der Waals surface area contributed by atoms with E-state index in [0.29, 0.717) is 5.88 Å². The summed E-state index contributed by atoms with van der Waals surface area (Å²) in [4.78, 5) is 15.0. The highest BCUT2D eigenvalue weighted by Crippen LogP contribution is 2.11. The van der Waals surface area contributed by atoms with Crippen LogP contribution in [0.25, 0.3) is 0 Å². The molecule has 1 rings (SSSR count). The lowest BCUT2D eigenvalue weighted by atomic mass is 10.1. The molecular weight excluding hydrogens is 214 g/mol. The van der Waals surface area contributed by atoms with E-state index < -0.39 is 5.97 Å². The van der Waals surface area contributed by atoms with E-state index >= 15 is 0 Å². The first kappa shape index (κ1) is 13.4. The van der Waals surface area contributed by atoms with Crippen molar-refractivity contribution in [3.05, 3.63) is 36.5 Å². The van der Waals surface area contributed by atoms with Crippen LogP contribution < -0.4 is 4.74 Å². The highest BCUT2D eigenvalue weighted by molar-refractivity contribution is 5.83. The number of hydrogen-bond donors (Lipinski definition) is 0. The van der Waals surface area contributed by atoms with Crippen LogP contribution in [0.3, 0.4) is 0 Å². The molecule has 0 spiro atoms. The largest absolute Gasteiger partial charge is 0.404 e. The van der Waals surface area contributed by atoms with Crippen LogP contribution in [-0.4, -0.2) is 11.0 Å². The number of aromatic nitrogens is 1. The van der Waals surface area contributed by atoms with Crippen LogP contribution in [0.1, 0.15) is 38.2 Å². The van der Waals surface area contributed by atoms with Crippen molar-refractivity contribution in [3.8, 4) is 5.88 Å². The summed E-state index contributed by atoms with van der Waals surface area (Å²) in [6, 6.07) is 3.67. The summed E-state index contributed by atoms with van der Waals surface area (Å²) in [5.74, 6) is -0.152. The van der Waals surface area contributed by atoms with Crippen molar-refractivity contribution in [1.82, 2.24) is 4.98 Å². The zero-order valence-electron chi connectivity index (χ0n) is 10.3. The predicted octanol–water partition coefficient (Wildman–Crippen LogP) is 3.30. The Bertz CT molecular complexity index is 357. The summed E-state index contributed by atoms with van der Waals surface area (Å²) in [6.45, 7) is 5.53. The van der Waals surface area contributed by atoms with Gasteiger partial charge in [0.1, 0.15) is 0 Å². The molecule has 1 aromatic rings. The van der Waals surface area contributed by atoms with E-state index in [2.05, 4.69) is 18.5 Å². The van der Waals surface area contributed by atoms with Gasteiger partial charge in [-0.2, -0.15) is 0 Å². The van der Waals surface area contributed by atoms with Gasteiger partial charge in [0.05, 0.1) is 0 Å². The summed E-state index contributed by atoms with van der Waals surface area (Å²) < 4.78 is 4.89. The van der Waals surface area contributed by atoms with Crippen LogP contribution in [0.4, 0.5) is 0 Å². The maximum Gasteiger partial charge on any atom is 0.336 e. The van der Waals surface area contributed by atoms with Crippen molar-refractivity contribution in [2.24, 2.45) is 0 Å². The van der Waals surface area contributed by atoms with Gasteiger partial charge in [0.2, 0.25) is 5.88 Å². The van der Waals surface area contributed by atoms with Crippen molar-refractivity contribution < 1.29 is 9.53 Å². The van der Waals surface area contributed by atoms with Crippen molar-refractivity contribution in [2.75, 3.05) is 0 Å². The molecule has 0 saturated heterocycles. The summed E-state index contributed by atoms with van der Waals surface area (Å²) in [5, 5.41) is 0. The van der Waals surface area contributed by atoms with Gasteiger partial charge in [-0.05, 0) is 18.4 Å². The summed E-state index contributed by atoms with van der Waals surface area (Å²) in [6.07, 6.45) is 8.88. The fourth-order valence-corrected chi connectivity index (χ4v) is 1.52. The Hall–Kier alpha value is -1.64. The fourth-order valence-electron chi connectivity index (χ4n) is 1.52. The van der Waals surface area contributed by atoms with Crippen molar-refractivity contribution in [2.45, 2.75) is 39.0 Å². The molecular formula is C14H19NO2. The van der Waals surface area contributed by atoms with Crippen molar-refractivity contribution in [1.29, 1.82) is 0 Å². The highest BCUT2D eigenvalue weighted by Gasteiger charge is 2.01. The van der Waals surface area contributed by atoms with E-state index in [0.717, 1.165) is 12.5 Å². The number of carbonyl (C=O) groups excluding carboxylic acids is 1. The van der Waals surface area contributed by atoms with Crippen LogP contribution in [0.5, 0.6) is 5.88 Å². The standard InChI is InChI=1S/C14H19NO2/c1-3-5-6-7-8-12-9-10-13(15-11-12)17-14(16)4-2/h4,9-11H,2-3,5-8H2,1H3. The molecule has 0 fully saturated rings. The average Bonchev–Trinajstić information content (AvgIpc) is 2.36. The van der Waals surface area contributed by atoms with E-state index in [-0.39, 0.29) is 0 Å². The SMILES string of the molecule is C=CC(=O)Oc1ccc(CCCCCC)cn1. The first-order valence-electron chi connectivity index (χ1n) is 6.05. The third-order valence-corrected chi connectivity index (χ3v) is 2.49. The van der Waals surface area contributed by atoms with Gasteiger partial charge in [-0.1, -0.05) is 38.8 Å². The molecule has 0 bridgehead atoms. The molecule has 0 aliphatic rings. The predicted molar refractivity (Wildman–Crippen MR) is 67.9 cm³/mol. The van der Waals surface area contributed by atoms with Gasteiger partial charge < -0.3 is 4.74 Å². The lowest BCUT2D eigenvalue weighted by Gasteiger charge is -2.03. The number of nitrogens with zero attached hydrogens (tertiary/aromatic N) is 1. The van der Waals surface area contributed by atoms with Gasteiger partial charge in [-0.3, -0.25) is 0 Å². The van der Waals surface area contributed by atoms with Gasteiger partial charge in [-0.15, -0.1) is 0 Å². The molecule has 0 saturated carbocycles. The minimum absolute atomic E-state index is 0.326. The number of hydrogen-bond acceptors (Lipinski definition) is 3. The molecule has 92 valence electrons. The minimum Gasteiger partial charge on any atom is -0.404 e. The molecule has 17 heavy (non-hydrogen) atoms. The van der Waals surface area contributed by atoms with Crippen LogP contribution in [-0.2, 0) is 11.2 Å². The summed E-state index contributed by atoms with van der Waals surface area (Å²) in [5.41, 5.74) is 1.18. The lowest BCUT2D eigenvalue weighted by Crippen LogP contribution is -2.04. The topological polar surface area (TPSA) is 39.2 Å². The number of pyridine rings is 1. The first-order chi connectivity index (χ1) is 8.26. The molecule has 0 unspecified atom stereocenters. The number of carbonyl (C=O) groups is 1. The molecule has 0 N–H and O–H groups in total. The van der Waals surface area contributed by atoms with Crippen molar-refractivity contribution in [3.63, 3.8) is 0 Å². The fraction of sp³-hybridized carbons (Fsp3) is 0.429. The molecule has 3 heteroatoms. The van der Waals surface area contributed by atoms with Gasteiger partial charge in [-0.25, -0.2) is 9.78 Å². The second-order valence-electron chi connectivity index (χ2n) is 3.94. The molecule has 1 aromatic heterocycles. The summed E-state index contributed by atoms with van der Waals surface area (Å²) in [7, 11) is 0. The van der Waals surface area contributed by atoms with E-state index in [9.17, 15) is 4.79 Å². The molecule has 1 heterocycles. The molecule has 0 aliphatic heterocycles. The third kappa shape index (κ3) is 5.29. The Morgan fingerprint density at radius 1 is 1.41 bits per heavy atom. The van der Waals surface area contributed by atoms with Crippen LogP contribution in [0.15, 0.2) is 31.0 Å². The van der Waals surface area contributed by atoms with E-state index in [1.807, 2.05) is 6.07 Å². The van der Waals surface area contributed by atoms with Crippen LogP contribution in [0, 0.1) is 0 Å². The maximum atomic E-state index is 10.9. The smallest absolute Gasteiger partial charge is 0.336 e. The van der Waals surface area contributed by atoms with E-state index in [4.69, 9.17) is 4.74 Å². The zero-order valence-corrected chi connectivity index (χ0v) is 10.3. The van der Waals surface area contributed by atoms with Gasteiger partial charge >= 0.3 is 5.97 Å². The molecule has 0 radical (unpaired) electrons. The monoisotopic (exact) mass is 233 g/mol. The first-order valence-corrected chi connectivity index (χ1v) is 6.05. The molecule has 0 atom stereocenters. The van der Waals surface area contributed by atoms with E-state index in [1.165, 1.54) is 31.2 Å². The third-order valence-electron chi connectivity index (χ3n) is 2.49. The summed E-state index contributed by atoms with van der Waals surface area (Å²) >= 11 is 0. The Morgan fingerprint density at radius 2 is 2.24 bits per heavy atom. The molecule has 0 amide bonds.